The summed E-state index contributed by atoms with van der Waals surface area (Å²) in [5.41, 5.74) is 5.26. The summed E-state index contributed by atoms with van der Waals surface area (Å²) >= 11 is 0. The van der Waals surface area contributed by atoms with Crippen LogP contribution in [0.15, 0.2) is 0 Å². The molecule has 0 aliphatic rings. The van der Waals surface area contributed by atoms with Crippen molar-refractivity contribution in [2.24, 2.45) is 17.6 Å². The van der Waals surface area contributed by atoms with Gasteiger partial charge in [-0.25, -0.2) is 0 Å². The van der Waals surface area contributed by atoms with E-state index in [9.17, 15) is 14.4 Å². The van der Waals surface area contributed by atoms with Crippen LogP contribution in [0.3, 0.4) is 0 Å². The first-order valence-corrected chi connectivity index (χ1v) is 5.08. The first-order valence-electron chi connectivity index (χ1n) is 5.08. The summed E-state index contributed by atoms with van der Waals surface area (Å²) in [5, 5.41) is 17.5. The van der Waals surface area contributed by atoms with Crippen molar-refractivity contribution >= 4 is 17.9 Å². The number of rotatable bonds is 7. The summed E-state index contributed by atoms with van der Waals surface area (Å²) in [7, 11) is 1.21. The Hall–Kier alpha value is -1.63. The monoisotopic (exact) mass is 247 g/mol. The van der Waals surface area contributed by atoms with Crippen molar-refractivity contribution in [2.75, 3.05) is 7.11 Å². The van der Waals surface area contributed by atoms with Crippen molar-refractivity contribution < 1.29 is 29.3 Å². The molecule has 0 saturated carbocycles. The minimum Gasteiger partial charge on any atom is -0.481 e. The third kappa shape index (κ3) is 5.30. The Morgan fingerprint density at radius 3 is 2.06 bits per heavy atom. The predicted octanol–water partition coefficient (Wildman–Crippen LogP) is -0.312. The summed E-state index contributed by atoms with van der Waals surface area (Å²) in [4.78, 5) is 32.6. The molecular weight excluding hydrogens is 230 g/mol. The molecule has 0 amide bonds. The van der Waals surface area contributed by atoms with Gasteiger partial charge < -0.3 is 20.7 Å². The van der Waals surface area contributed by atoms with Crippen LogP contribution in [0.2, 0.25) is 0 Å². The second-order valence-corrected chi connectivity index (χ2v) is 3.88. The van der Waals surface area contributed by atoms with Gasteiger partial charge in [0, 0.05) is 0 Å². The molecule has 0 fully saturated rings. The molecule has 4 N–H and O–H groups in total. The van der Waals surface area contributed by atoms with Crippen LogP contribution >= 0.6 is 0 Å². The highest BCUT2D eigenvalue weighted by Gasteiger charge is 2.28. The van der Waals surface area contributed by atoms with Crippen molar-refractivity contribution in [3.63, 3.8) is 0 Å². The van der Waals surface area contributed by atoms with E-state index in [4.69, 9.17) is 15.9 Å². The number of aliphatic carboxylic acids is 2. The molecule has 0 radical (unpaired) electrons. The zero-order valence-corrected chi connectivity index (χ0v) is 9.75. The molecule has 0 aromatic heterocycles. The third-order valence-electron chi connectivity index (χ3n) is 2.45. The van der Waals surface area contributed by atoms with Gasteiger partial charge in [-0.05, 0) is 12.8 Å². The topological polar surface area (TPSA) is 127 Å². The Balaban J connectivity index is 4.50. The van der Waals surface area contributed by atoms with Crippen LogP contribution < -0.4 is 5.73 Å². The predicted molar refractivity (Wildman–Crippen MR) is 57.2 cm³/mol. The maximum Gasteiger partial charge on any atom is 0.320 e. The Labute approximate surface area is 98.6 Å². The van der Waals surface area contributed by atoms with Gasteiger partial charge in [0.2, 0.25) is 0 Å². The normalized spacial score (nSPS) is 15.7. The van der Waals surface area contributed by atoms with E-state index in [-0.39, 0.29) is 12.8 Å². The quantitative estimate of drug-likeness (QED) is 0.526. The standard InChI is InChI=1S/C10H17NO6/c1-5(10(16)17-2)3-6(8(12)13)4-7(11)9(14)15/h5-7H,3-4,11H2,1-2H3,(H,12,13)(H,14,15)/t5?,6-,7-/m0/s1. The van der Waals surface area contributed by atoms with Gasteiger partial charge in [0.05, 0.1) is 18.9 Å². The highest BCUT2D eigenvalue weighted by molar-refractivity contribution is 5.77. The summed E-state index contributed by atoms with van der Waals surface area (Å²) in [6, 6.07) is -1.25. The van der Waals surface area contributed by atoms with E-state index in [1.165, 1.54) is 14.0 Å². The Kier molecular flexibility index (Phi) is 6.19. The highest BCUT2D eigenvalue weighted by atomic mass is 16.5. The summed E-state index contributed by atoms with van der Waals surface area (Å²) in [6.07, 6.45) is -0.213. The number of ether oxygens (including phenoxy) is 1. The van der Waals surface area contributed by atoms with Crippen molar-refractivity contribution in [3.8, 4) is 0 Å². The van der Waals surface area contributed by atoms with Crippen LogP contribution in [-0.2, 0) is 19.1 Å². The molecule has 1 unspecified atom stereocenters. The zero-order chi connectivity index (χ0) is 13.6. The Bertz CT molecular complexity index is 303. The SMILES string of the molecule is COC(=O)C(C)C[C@@H](C[C@H](N)C(=O)O)C(=O)O. The lowest BCUT2D eigenvalue weighted by molar-refractivity contribution is -0.148. The van der Waals surface area contributed by atoms with E-state index < -0.39 is 35.8 Å². The van der Waals surface area contributed by atoms with Gasteiger partial charge in [0.1, 0.15) is 6.04 Å². The molecule has 98 valence electrons. The molecule has 0 aromatic rings. The summed E-state index contributed by atoms with van der Waals surface area (Å²) in [5.74, 6) is -4.54. The van der Waals surface area contributed by atoms with E-state index >= 15 is 0 Å². The average molecular weight is 247 g/mol. The van der Waals surface area contributed by atoms with Gasteiger partial charge in [-0.15, -0.1) is 0 Å². The molecule has 0 heterocycles. The van der Waals surface area contributed by atoms with E-state index in [1.807, 2.05) is 0 Å². The van der Waals surface area contributed by atoms with Crippen LogP contribution in [-0.4, -0.2) is 41.3 Å². The van der Waals surface area contributed by atoms with Crippen LogP contribution in [0.4, 0.5) is 0 Å². The largest absolute Gasteiger partial charge is 0.481 e. The van der Waals surface area contributed by atoms with Gasteiger partial charge >= 0.3 is 17.9 Å². The number of carboxylic acid groups (broad SMARTS) is 2. The van der Waals surface area contributed by atoms with Crippen LogP contribution in [0.1, 0.15) is 19.8 Å². The van der Waals surface area contributed by atoms with E-state index in [0.717, 1.165) is 0 Å². The Morgan fingerprint density at radius 2 is 1.71 bits per heavy atom. The van der Waals surface area contributed by atoms with E-state index in [2.05, 4.69) is 4.74 Å². The van der Waals surface area contributed by atoms with Crippen LogP contribution in [0.5, 0.6) is 0 Å². The lowest BCUT2D eigenvalue weighted by Crippen LogP contribution is -2.35. The minimum absolute atomic E-state index is 0.00296. The maximum absolute atomic E-state index is 11.1. The summed E-state index contributed by atoms with van der Waals surface area (Å²) < 4.78 is 4.47. The molecule has 7 heteroatoms. The Morgan fingerprint density at radius 1 is 1.18 bits per heavy atom. The van der Waals surface area contributed by atoms with Crippen molar-refractivity contribution in [2.45, 2.75) is 25.8 Å². The molecule has 0 aliphatic heterocycles. The number of nitrogens with two attached hydrogens (primary N) is 1. The highest BCUT2D eigenvalue weighted by Crippen LogP contribution is 2.18. The van der Waals surface area contributed by atoms with Crippen molar-refractivity contribution in [1.82, 2.24) is 0 Å². The molecule has 0 rings (SSSR count). The van der Waals surface area contributed by atoms with Crippen molar-refractivity contribution in [3.05, 3.63) is 0 Å². The minimum atomic E-state index is -1.26. The van der Waals surface area contributed by atoms with Gasteiger partial charge in [-0.1, -0.05) is 6.92 Å². The average Bonchev–Trinajstić information content (AvgIpc) is 2.26. The fourth-order valence-corrected chi connectivity index (χ4v) is 1.43. The van der Waals surface area contributed by atoms with E-state index in [1.54, 1.807) is 0 Å². The molecule has 0 spiro atoms. The molecule has 0 saturated heterocycles. The number of methoxy groups -OCH3 is 1. The lowest BCUT2D eigenvalue weighted by atomic mass is 9.90. The second kappa shape index (κ2) is 6.85. The molecular formula is C10H17NO6. The number of carbonyl (C=O) groups is 3. The molecule has 17 heavy (non-hydrogen) atoms. The summed E-state index contributed by atoms with van der Waals surface area (Å²) in [6.45, 7) is 1.52. The van der Waals surface area contributed by atoms with Gasteiger partial charge in [-0.3, -0.25) is 14.4 Å². The molecule has 0 bridgehead atoms. The van der Waals surface area contributed by atoms with Crippen molar-refractivity contribution in [1.29, 1.82) is 0 Å². The second-order valence-electron chi connectivity index (χ2n) is 3.88. The number of carbonyl (C=O) groups excluding carboxylic acids is 1. The van der Waals surface area contributed by atoms with Gasteiger partial charge in [-0.2, -0.15) is 0 Å². The van der Waals surface area contributed by atoms with Crippen LogP contribution in [0.25, 0.3) is 0 Å². The fraction of sp³-hybridized carbons (Fsp3) is 0.700. The maximum atomic E-state index is 11.1. The molecule has 3 atom stereocenters. The van der Waals surface area contributed by atoms with Crippen LogP contribution in [0, 0.1) is 11.8 Å². The first kappa shape index (κ1) is 15.4. The molecule has 0 aliphatic carbocycles. The van der Waals surface area contributed by atoms with Gasteiger partial charge in [0.25, 0.3) is 0 Å². The first-order chi connectivity index (χ1) is 7.79. The lowest BCUT2D eigenvalue weighted by Gasteiger charge is -2.17. The number of hydrogen-bond acceptors (Lipinski definition) is 5. The van der Waals surface area contributed by atoms with E-state index in [0.29, 0.717) is 0 Å². The molecule has 7 nitrogen and oxygen atoms in total. The number of esters is 1. The third-order valence-corrected chi connectivity index (χ3v) is 2.45. The zero-order valence-electron chi connectivity index (χ0n) is 9.75. The van der Waals surface area contributed by atoms with Gasteiger partial charge in [0.15, 0.2) is 0 Å². The smallest absolute Gasteiger partial charge is 0.320 e. The number of carboxylic acids is 2. The molecule has 0 aromatic carbocycles. The number of hydrogen-bond donors (Lipinski definition) is 3. The fourth-order valence-electron chi connectivity index (χ4n) is 1.43.